The lowest BCUT2D eigenvalue weighted by Crippen LogP contribution is -2.28. The van der Waals surface area contributed by atoms with E-state index in [1.165, 1.54) is 31.7 Å². The summed E-state index contributed by atoms with van der Waals surface area (Å²) in [5.41, 5.74) is 0.193. The molecule has 1 aromatic carbocycles. The fraction of sp³-hybridized carbons (Fsp3) is 0.571. The molecule has 0 unspecified atom stereocenters. The van der Waals surface area contributed by atoms with Crippen molar-refractivity contribution in [2.45, 2.75) is 51.1 Å². The lowest BCUT2D eigenvalue weighted by Gasteiger charge is -2.16. The van der Waals surface area contributed by atoms with Crippen molar-refractivity contribution in [3.05, 3.63) is 35.1 Å². The first-order chi connectivity index (χ1) is 8.68. The van der Waals surface area contributed by atoms with E-state index in [1.807, 2.05) is 0 Å². The van der Waals surface area contributed by atoms with Crippen LogP contribution in [-0.4, -0.2) is 6.04 Å². The van der Waals surface area contributed by atoms with Crippen molar-refractivity contribution in [2.24, 2.45) is 0 Å². The van der Waals surface area contributed by atoms with E-state index in [-0.39, 0.29) is 12.1 Å². The van der Waals surface area contributed by atoms with Gasteiger partial charge in [-0.3, -0.25) is 0 Å². The number of benzene rings is 1. The smallest absolute Gasteiger partial charge is 0.194 e. The SMILES string of the molecule is Fc1ccc(CNC2CCCCCC2)c(F)c1F. The quantitative estimate of drug-likeness (QED) is 0.639. The maximum atomic E-state index is 13.4. The highest BCUT2D eigenvalue weighted by atomic mass is 19.2. The minimum Gasteiger partial charge on any atom is -0.310 e. The molecule has 0 amide bonds. The summed E-state index contributed by atoms with van der Waals surface area (Å²) in [5.74, 6) is -3.59. The first kappa shape index (κ1) is 13.4. The molecule has 0 spiro atoms. The summed E-state index contributed by atoms with van der Waals surface area (Å²) in [7, 11) is 0. The van der Waals surface area contributed by atoms with Gasteiger partial charge in [-0.2, -0.15) is 0 Å². The van der Waals surface area contributed by atoms with Gasteiger partial charge in [0.15, 0.2) is 17.5 Å². The zero-order chi connectivity index (χ0) is 13.0. The molecule has 0 heterocycles. The molecule has 18 heavy (non-hydrogen) atoms. The molecule has 100 valence electrons. The third-order valence-corrected chi connectivity index (χ3v) is 3.55. The van der Waals surface area contributed by atoms with Gasteiger partial charge in [-0.15, -0.1) is 0 Å². The Labute approximate surface area is 105 Å². The molecule has 0 radical (unpaired) electrons. The summed E-state index contributed by atoms with van der Waals surface area (Å²) < 4.78 is 39.3. The average molecular weight is 257 g/mol. The number of hydrogen-bond donors (Lipinski definition) is 1. The average Bonchev–Trinajstić information content (AvgIpc) is 2.64. The molecular weight excluding hydrogens is 239 g/mol. The standard InChI is InChI=1S/C14H18F3N/c15-12-8-7-10(13(16)14(12)17)9-18-11-5-3-1-2-4-6-11/h7-8,11,18H,1-6,9H2. The second-order valence-electron chi connectivity index (χ2n) is 4.90. The van der Waals surface area contributed by atoms with E-state index in [2.05, 4.69) is 5.32 Å². The molecule has 2 rings (SSSR count). The van der Waals surface area contributed by atoms with Gasteiger partial charge in [-0.25, -0.2) is 13.2 Å². The Hall–Kier alpha value is -1.03. The molecule has 4 heteroatoms. The molecule has 1 saturated carbocycles. The number of nitrogens with one attached hydrogen (secondary N) is 1. The van der Waals surface area contributed by atoms with Crippen LogP contribution >= 0.6 is 0 Å². The van der Waals surface area contributed by atoms with Crippen LogP contribution in [0.1, 0.15) is 44.1 Å². The topological polar surface area (TPSA) is 12.0 Å². The molecule has 0 atom stereocenters. The monoisotopic (exact) mass is 257 g/mol. The molecular formula is C14H18F3N. The zero-order valence-corrected chi connectivity index (χ0v) is 10.3. The van der Waals surface area contributed by atoms with E-state index in [9.17, 15) is 13.2 Å². The lowest BCUT2D eigenvalue weighted by atomic mass is 10.1. The van der Waals surface area contributed by atoms with Crippen LogP contribution in [0.4, 0.5) is 13.2 Å². The summed E-state index contributed by atoms with van der Waals surface area (Å²) in [5, 5.41) is 3.24. The predicted molar refractivity (Wildman–Crippen MR) is 64.6 cm³/mol. The predicted octanol–water partition coefficient (Wildman–Crippen LogP) is 3.92. The van der Waals surface area contributed by atoms with E-state index in [1.54, 1.807) is 0 Å². The summed E-state index contributed by atoms with van der Waals surface area (Å²) in [6, 6.07) is 2.64. The maximum Gasteiger partial charge on any atom is 0.194 e. The molecule has 1 N–H and O–H groups in total. The van der Waals surface area contributed by atoms with Crippen LogP contribution in [0.5, 0.6) is 0 Å². The van der Waals surface area contributed by atoms with Gasteiger partial charge in [0.1, 0.15) is 0 Å². The molecule has 1 nitrogen and oxygen atoms in total. The van der Waals surface area contributed by atoms with Gasteiger partial charge in [0.25, 0.3) is 0 Å². The van der Waals surface area contributed by atoms with Crippen LogP contribution < -0.4 is 5.32 Å². The van der Waals surface area contributed by atoms with Crippen molar-refractivity contribution in [1.29, 1.82) is 0 Å². The summed E-state index contributed by atoms with van der Waals surface area (Å²) >= 11 is 0. The molecule has 1 aliphatic rings. The van der Waals surface area contributed by atoms with Crippen LogP contribution in [0.15, 0.2) is 12.1 Å². The number of rotatable bonds is 3. The Morgan fingerprint density at radius 1 is 0.944 bits per heavy atom. The van der Waals surface area contributed by atoms with Crippen molar-refractivity contribution in [3.63, 3.8) is 0 Å². The molecule has 1 fully saturated rings. The van der Waals surface area contributed by atoms with E-state index >= 15 is 0 Å². The van der Waals surface area contributed by atoms with Crippen molar-refractivity contribution >= 4 is 0 Å². The van der Waals surface area contributed by atoms with Crippen LogP contribution in [0, 0.1) is 17.5 Å². The summed E-state index contributed by atoms with van der Waals surface area (Å²) in [6.45, 7) is 0.258. The van der Waals surface area contributed by atoms with Crippen molar-refractivity contribution in [1.82, 2.24) is 5.32 Å². The Kier molecular flexibility index (Phi) is 4.64. The van der Waals surface area contributed by atoms with Gasteiger partial charge in [-0.1, -0.05) is 31.7 Å². The number of hydrogen-bond acceptors (Lipinski definition) is 1. The highest BCUT2D eigenvalue weighted by Crippen LogP contribution is 2.19. The van der Waals surface area contributed by atoms with E-state index in [4.69, 9.17) is 0 Å². The molecule has 1 aromatic rings. The third kappa shape index (κ3) is 3.25. The minimum atomic E-state index is -1.38. The first-order valence-corrected chi connectivity index (χ1v) is 6.54. The van der Waals surface area contributed by atoms with Gasteiger partial charge in [0, 0.05) is 18.2 Å². The van der Waals surface area contributed by atoms with Crippen LogP contribution in [0.25, 0.3) is 0 Å². The summed E-state index contributed by atoms with van der Waals surface area (Å²) in [6.07, 6.45) is 7.00. The Balaban J connectivity index is 1.95. The zero-order valence-electron chi connectivity index (χ0n) is 10.3. The van der Waals surface area contributed by atoms with Crippen LogP contribution in [-0.2, 0) is 6.54 Å². The molecule has 0 aliphatic heterocycles. The summed E-state index contributed by atoms with van der Waals surface area (Å²) in [4.78, 5) is 0. The van der Waals surface area contributed by atoms with Gasteiger partial charge in [0.2, 0.25) is 0 Å². The van der Waals surface area contributed by atoms with Crippen molar-refractivity contribution in [3.8, 4) is 0 Å². The van der Waals surface area contributed by atoms with Gasteiger partial charge in [0.05, 0.1) is 0 Å². The van der Waals surface area contributed by atoms with Gasteiger partial charge >= 0.3 is 0 Å². The van der Waals surface area contributed by atoms with Crippen LogP contribution in [0.2, 0.25) is 0 Å². The Bertz CT molecular complexity index is 398. The van der Waals surface area contributed by atoms with Gasteiger partial charge in [-0.05, 0) is 18.9 Å². The fourth-order valence-corrected chi connectivity index (χ4v) is 2.44. The maximum absolute atomic E-state index is 13.4. The second-order valence-corrected chi connectivity index (χ2v) is 4.90. The third-order valence-electron chi connectivity index (χ3n) is 3.55. The first-order valence-electron chi connectivity index (χ1n) is 6.54. The lowest BCUT2D eigenvalue weighted by molar-refractivity contribution is 0.423. The molecule has 0 saturated heterocycles. The normalized spacial score (nSPS) is 17.7. The van der Waals surface area contributed by atoms with Crippen molar-refractivity contribution < 1.29 is 13.2 Å². The fourth-order valence-electron chi connectivity index (χ4n) is 2.44. The Morgan fingerprint density at radius 2 is 1.61 bits per heavy atom. The molecule has 0 bridgehead atoms. The number of halogens is 3. The van der Waals surface area contributed by atoms with E-state index in [0.29, 0.717) is 6.04 Å². The second kappa shape index (κ2) is 6.23. The minimum absolute atomic E-state index is 0.193. The highest BCUT2D eigenvalue weighted by molar-refractivity contribution is 5.20. The Morgan fingerprint density at radius 3 is 2.28 bits per heavy atom. The van der Waals surface area contributed by atoms with E-state index < -0.39 is 17.5 Å². The largest absolute Gasteiger partial charge is 0.310 e. The van der Waals surface area contributed by atoms with Crippen LogP contribution in [0.3, 0.4) is 0 Å². The highest BCUT2D eigenvalue weighted by Gasteiger charge is 2.15. The molecule has 0 aromatic heterocycles. The van der Waals surface area contributed by atoms with Gasteiger partial charge < -0.3 is 5.32 Å². The van der Waals surface area contributed by atoms with Crippen molar-refractivity contribution in [2.75, 3.05) is 0 Å². The van der Waals surface area contributed by atoms with E-state index in [0.717, 1.165) is 18.9 Å². The molecule has 1 aliphatic carbocycles.